The number of amides is 1. The Hall–Kier alpha value is -2.51. The number of carbonyl (C=O) groups is 1. The van der Waals surface area contributed by atoms with E-state index >= 15 is 0 Å². The highest BCUT2D eigenvalue weighted by Gasteiger charge is 2.41. The van der Waals surface area contributed by atoms with Gasteiger partial charge in [-0.1, -0.05) is 30.3 Å². The van der Waals surface area contributed by atoms with Gasteiger partial charge in [0.1, 0.15) is 0 Å². The average Bonchev–Trinajstić information content (AvgIpc) is 3.21. The van der Waals surface area contributed by atoms with E-state index in [2.05, 4.69) is 53.4 Å². The minimum atomic E-state index is -0.0203. The molecule has 0 bridgehead atoms. The first-order valence-corrected chi connectivity index (χ1v) is 11.8. The molecule has 5 rings (SSSR count). The Morgan fingerprint density at radius 3 is 2.72 bits per heavy atom. The molecule has 1 aromatic carbocycles. The van der Waals surface area contributed by atoms with E-state index in [1.54, 1.807) is 0 Å². The number of rotatable bonds is 4. The van der Waals surface area contributed by atoms with E-state index in [4.69, 9.17) is 9.72 Å². The van der Waals surface area contributed by atoms with Crippen LogP contribution in [0.4, 0.5) is 5.95 Å². The molecule has 7 heteroatoms. The number of fused-ring (bicyclic) bond motifs is 1. The Balaban J connectivity index is 1.33. The maximum atomic E-state index is 13.8. The molecule has 32 heavy (non-hydrogen) atoms. The minimum absolute atomic E-state index is 0.0203. The standard InChI is InChI=1S/C25H33N5O2/c1-17-12-19-13-26-25(27-20-8-10-32-11-9-20)28-23(19)16-30(17)24(31)22-15-29(2)14-21(22)18-6-4-3-5-7-18/h3-7,13,17,20-22H,8-12,14-16H2,1-2H3,(H,26,27,28)/t17-,21+,22-/m1/s1. The maximum Gasteiger partial charge on any atom is 0.228 e. The number of aromatic nitrogens is 2. The Labute approximate surface area is 190 Å². The highest BCUT2D eigenvalue weighted by molar-refractivity contribution is 5.81. The van der Waals surface area contributed by atoms with E-state index in [9.17, 15) is 4.79 Å². The molecule has 3 aliphatic heterocycles. The molecule has 0 spiro atoms. The van der Waals surface area contributed by atoms with Crippen LogP contribution < -0.4 is 5.32 Å². The van der Waals surface area contributed by atoms with Crippen molar-refractivity contribution in [1.82, 2.24) is 19.8 Å². The smallest absolute Gasteiger partial charge is 0.228 e. The van der Waals surface area contributed by atoms with Gasteiger partial charge in [-0.2, -0.15) is 0 Å². The van der Waals surface area contributed by atoms with Crippen LogP contribution in [0, 0.1) is 5.92 Å². The summed E-state index contributed by atoms with van der Waals surface area (Å²) in [6, 6.07) is 11.0. The largest absolute Gasteiger partial charge is 0.381 e. The van der Waals surface area contributed by atoms with Crippen LogP contribution in [0.25, 0.3) is 0 Å². The van der Waals surface area contributed by atoms with Gasteiger partial charge in [-0.05, 0) is 44.4 Å². The van der Waals surface area contributed by atoms with Gasteiger partial charge in [0.05, 0.1) is 18.2 Å². The quantitative estimate of drug-likeness (QED) is 0.796. The molecule has 2 aromatic rings. The van der Waals surface area contributed by atoms with E-state index < -0.39 is 0 Å². The van der Waals surface area contributed by atoms with Gasteiger partial charge >= 0.3 is 0 Å². The van der Waals surface area contributed by atoms with Crippen molar-refractivity contribution in [3.63, 3.8) is 0 Å². The molecule has 0 unspecified atom stereocenters. The van der Waals surface area contributed by atoms with Crippen LogP contribution in [0.2, 0.25) is 0 Å². The highest BCUT2D eigenvalue weighted by atomic mass is 16.5. The monoisotopic (exact) mass is 435 g/mol. The lowest BCUT2D eigenvalue weighted by molar-refractivity contribution is -0.138. The van der Waals surface area contributed by atoms with Gasteiger partial charge in [0, 0.05) is 50.5 Å². The van der Waals surface area contributed by atoms with Gasteiger partial charge < -0.3 is 19.9 Å². The van der Waals surface area contributed by atoms with Crippen LogP contribution in [0.3, 0.4) is 0 Å². The summed E-state index contributed by atoms with van der Waals surface area (Å²) in [6.45, 7) is 5.98. The van der Waals surface area contributed by atoms with Crippen LogP contribution in [-0.2, 0) is 22.5 Å². The van der Waals surface area contributed by atoms with Gasteiger partial charge in [0.2, 0.25) is 11.9 Å². The molecule has 7 nitrogen and oxygen atoms in total. The zero-order valence-electron chi connectivity index (χ0n) is 19.0. The molecule has 3 aliphatic rings. The topological polar surface area (TPSA) is 70.6 Å². The lowest BCUT2D eigenvalue weighted by Crippen LogP contribution is -2.47. The fourth-order valence-electron chi connectivity index (χ4n) is 5.39. The molecule has 3 atom stereocenters. The van der Waals surface area contributed by atoms with Gasteiger partial charge in [0.25, 0.3) is 0 Å². The van der Waals surface area contributed by atoms with Crippen molar-refractivity contribution >= 4 is 11.9 Å². The summed E-state index contributed by atoms with van der Waals surface area (Å²) in [5, 5.41) is 3.46. The van der Waals surface area contributed by atoms with Crippen molar-refractivity contribution in [1.29, 1.82) is 0 Å². The van der Waals surface area contributed by atoms with E-state index in [0.29, 0.717) is 18.5 Å². The van der Waals surface area contributed by atoms with Crippen LogP contribution in [0.5, 0.6) is 0 Å². The van der Waals surface area contributed by atoms with Crippen molar-refractivity contribution in [2.24, 2.45) is 5.92 Å². The number of anilines is 1. The number of ether oxygens (including phenoxy) is 1. The Morgan fingerprint density at radius 1 is 1.16 bits per heavy atom. The average molecular weight is 436 g/mol. The fraction of sp³-hybridized carbons (Fsp3) is 0.560. The molecule has 0 aliphatic carbocycles. The Bertz CT molecular complexity index is 947. The van der Waals surface area contributed by atoms with Gasteiger partial charge in [0.15, 0.2) is 0 Å². The molecule has 2 fully saturated rings. The minimum Gasteiger partial charge on any atom is -0.381 e. The summed E-state index contributed by atoms with van der Waals surface area (Å²) < 4.78 is 5.45. The van der Waals surface area contributed by atoms with E-state index in [1.165, 1.54) is 5.56 Å². The zero-order valence-corrected chi connectivity index (χ0v) is 19.0. The predicted molar refractivity (Wildman–Crippen MR) is 123 cm³/mol. The summed E-state index contributed by atoms with van der Waals surface area (Å²) in [6.07, 6.45) is 4.69. The molecule has 1 amide bonds. The first-order valence-electron chi connectivity index (χ1n) is 11.8. The molecule has 1 N–H and O–H groups in total. The number of nitrogens with zero attached hydrogens (tertiary/aromatic N) is 4. The third-order valence-electron chi connectivity index (χ3n) is 7.21. The lowest BCUT2D eigenvalue weighted by Gasteiger charge is -2.37. The molecular formula is C25H33N5O2. The summed E-state index contributed by atoms with van der Waals surface area (Å²) in [7, 11) is 2.11. The number of nitrogens with one attached hydrogen (secondary N) is 1. The van der Waals surface area contributed by atoms with Gasteiger partial charge in [-0.25, -0.2) is 9.97 Å². The highest BCUT2D eigenvalue weighted by Crippen LogP contribution is 2.35. The maximum absolute atomic E-state index is 13.8. The fourth-order valence-corrected chi connectivity index (χ4v) is 5.39. The van der Waals surface area contributed by atoms with E-state index in [-0.39, 0.29) is 23.8 Å². The molecule has 0 radical (unpaired) electrons. The number of benzene rings is 1. The van der Waals surface area contributed by atoms with Gasteiger partial charge in [-0.15, -0.1) is 0 Å². The Kier molecular flexibility index (Phi) is 6.11. The van der Waals surface area contributed by atoms with E-state index in [1.807, 2.05) is 17.2 Å². The summed E-state index contributed by atoms with van der Waals surface area (Å²) in [5.41, 5.74) is 3.39. The number of hydrogen-bond acceptors (Lipinski definition) is 6. The second kappa shape index (κ2) is 9.16. The first kappa shape index (κ1) is 21.3. The van der Waals surface area contributed by atoms with Crippen molar-refractivity contribution in [3.05, 3.63) is 53.3 Å². The third kappa shape index (κ3) is 4.36. The summed E-state index contributed by atoms with van der Waals surface area (Å²) in [5.74, 6) is 1.13. The van der Waals surface area contributed by atoms with Crippen molar-refractivity contribution in [3.8, 4) is 0 Å². The van der Waals surface area contributed by atoms with Crippen LogP contribution in [0.15, 0.2) is 36.5 Å². The molecule has 4 heterocycles. The lowest BCUT2D eigenvalue weighted by atomic mass is 9.87. The Morgan fingerprint density at radius 2 is 1.94 bits per heavy atom. The van der Waals surface area contributed by atoms with Crippen molar-refractivity contribution < 1.29 is 9.53 Å². The second-order valence-corrected chi connectivity index (χ2v) is 9.56. The predicted octanol–water partition coefficient (Wildman–Crippen LogP) is 2.69. The van der Waals surface area contributed by atoms with Crippen molar-refractivity contribution in [2.75, 3.05) is 38.7 Å². The first-order chi connectivity index (χ1) is 15.6. The van der Waals surface area contributed by atoms with Crippen LogP contribution in [0.1, 0.15) is 42.5 Å². The zero-order chi connectivity index (χ0) is 22.1. The molecule has 2 saturated heterocycles. The van der Waals surface area contributed by atoms with Gasteiger partial charge in [-0.3, -0.25) is 4.79 Å². The molecular weight excluding hydrogens is 402 g/mol. The van der Waals surface area contributed by atoms with Crippen LogP contribution >= 0.6 is 0 Å². The number of hydrogen-bond donors (Lipinski definition) is 1. The third-order valence-corrected chi connectivity index (χ3v) is 7.21. The number of likely N-dealkylation sites (N-methyl/N-ethyl adjacent to an activating group) is 1. The second-order valence-electron chi connectivity index (χ2n) is 9.56. The number of carbonyl (C=O) groups excluding carboxylic acids is 1. The van der Waals surface area contributed by atoms with Crippen LogP contribution in [-0.4, -0.2) is 71.1 Å². The van der Waals surface area contributed by atoms with Crippen molar-refractivity contribution in [2.45, 2.75) is 50.7 Å². The molecule has 170 valence electrons. The number of likely N-dealkylation sites (tertiary alicyclic amines) is 1. The summed E-state index contributed by atoms with van der Waals surface area (Å²) >= 11 is 0. The van der Waals surface area contributed by atoms with E-state index in [0.717, 1.165) is 56.8 Å². The SMILES string of the molecule is C[C@@H]1Cc2cnc(NC3CCOCC3)nc2CN1C(=O)[C@@H]1CN(C)C[C@H]1c1ccccc1. The normalized spacial score (nSPS) is 26.7. The summed E-state index contributed by atoms with van der Waals surface area (Å²) in [4.78, 5) is 27.5. The molecule has 1 aromatic heterocycles. The molecule has 0 saturated carbocycles.